The Morgan fingerprint density at radius 2 is 2.09 bits per heavy atom. The van der Waals surface area contributed by atoms with Crippen LogP contribution in [-0.4, -0.2) is 51.6 Å². The van der Waals surface area contributed by atoms with E-state index < -0.39 is 31.2 Å². The van der Waals surface area contributed by atoms with Crippen LogP contribution in [0.5, 0.6) is 0 Å². The van der Waals surface area contributed by atoms with E-state index >= 15 is 0 Å². The lowest BCUT2D eigenvalue weighted by Crippen LogP contribution is -2.29. The summed E-state index contributed by atoms with van der Waals surface area (Å²) in [4.78, 5) is 0. The lowest BCUT2D eigenvalue weighted by Gasteiger charge is -2.14. The van der Waals surface area contributed by atoms with Crippen molar-refractivity contribution in [1.29, 1.82) is 0 Å². The Hall–Kier alpha value is -0.200. The molecule has 0 radical (unpaired) electrons. The van der Waals surface area contributed by atoms with E-state index in [1.54, 1.807) is 0 Å². The van der Waals surface area contributed by atoms with Crippen LogP contribution in [-0.2, 0) is 4.74 Å². The molecule has 1 heterocycles. The van der Waals surface area contributed by atoms with Crippen molar-refractivity contribution in [3.8, 4) is 0 Å². The van der Waals surface area contributed by atoms with Crippen LogP contribution < -0.4 is 0 Å². The Kier molecular flexibility index (Phi) is 2.80. The Balaban J connectivity index is 2.40. The van der Waals surface area contributed by atoms with Gasteiger partial charge < -0.3 is 25.2 Å². The van der Waals surface area contributed by atoms with Crippen LogP contribution >= 0.6 is 0 Å². The average Bonchev–Trinajstić information content (AvgIpc) is 2.31. The molecule has 4 atom stereocenters. The van der Waals surface area contributed by atoms with Gasteiger partial charge in [0.25, 0.3) is 0 Å². The normalized spacial score (nSPS) is 40.9. The van der Waals surface area contributed by atoms with E-state index in [2.05, 4.69) is 0 Å². The van der Waals surface area contributed by atoms with Gasteiger partial charge in [0.15, 0.2) is 6.29 Å². The molecule has 0 spiro atoms. The third kappa shape index (κ3) is 1.88. The molecule has 0 bridgehead atoms. The fraction of sp³-hybridized carbons (Fsp3) is 1.00. The van der Waals surface area contributed by atoms with Crippen LogP contribution in [0.2, 0.25) is 0 Å². The zero-order valence-electron chi connectivity index (χ0n) is 5.92. The summed E-state index contributed by atoms with van der Waals surface area (Å²) in [6.07, 6.45) is -3.72. The second-order valence-electron chi connectivity index (χ2n) is 2.62. The van der Waals surface area contributed by atoms with E-state index in [4.69, 9.17) is 25.2 Å². The number of ether oxygens (including phenoxy) is 1. The summed E-state index contributed by atoms with van der Waals surface area (Å²) in [5.41, 5.74) is 0. The SMILES string of the molecule is OC[C@@H](O)[C@H]1C[C@@H](O)C(O)O1. The number of rotatable bonds is 2. The molecule has 0 aromatic heterocycles. The van der Waals surface area contributed by atoms with Crippen LogP contribution in [0.3, 0.4) is 0 Å². The van der Waals surface area contributed by atoms with Crippen LogP contribution in [0.4, 0.5) is 0 Å². The standard InChI is InChI=1S/C6H12O5/c7-2-4(9)5-1-3(8)6(10)11-5/h3-10H,1-2H2/t3-,4-,5-,6?/m1/s1. The molecule has 4 N–H and O–H groups in total. The van der Waals surface area contributed by atoms with Crippen molar-refractivity contribution < 1.29 is 25.2 Å². The van der Waals surface area contributed by atoms with Gasteiger partial charge in [0.05, 0.1) is 12.7 Å². The van der Waals surface area contributed by atoms with Crippen LogP contribution in [0, 0.1) is 0 Å². The lowest BCUT2D eigenvalue weighted by atomic mass is 10.1. The number of aliphatic hydroxyl groups is 4. The molecule has 0 amide bonds. The van der Waals surface area contributed by atoms with E-state index in [9.17, 15) is 0 Å². The van der Waals surface area contributed by atoms with Crippen molar-refractivity contribution in [2.24, 2.45) is 0 Å². The molecule has 1 saturated heterocycles. The number of hydrogen-bond acceptors (Lipinski definition) is 5. The summed E-state index contributed by atoms with van der Waals surface area (Å²) in [5, 5.41) is 35.3. The molecular formula is C6H12O5. The minimum Gasteiger partial charge on any atom is -0.394 e. The minimum atomic E-state index is -1.24. The first-order chi connectivity index (χ1) is 5.15. The van der Waals surface area contributed by atoms with Crippen molar-refractivity contribution in [1.82, 2.24) is 0 Å². The maximum Gasteiger partial charge on any atom is 0.181 e. The van der Waals surface area contributed by atoms with Gasteiger partial charge in [-0.2, -0.15) is 0 Å². The number of hydrogen-bond donors (Lipinski definition) is 4. The zero-order valence-corrected chi connectivity index (χ0v) is 5.92. The summed E-state index contributed by atoms with van der Waals surface area (Å²) in [6.45, 7) is -0.426. The smallest absolute Gasteiger partial charge is 0.181 e. The molecule has 11 heavy (non-hydrogen) atoms. The highest BCUT2D eigenvalue weighted by molar-refractivity contribution is 4.80. The first-order valence-electron chi connectivity index (χ1n) is 3.45. The van der Waals surface area contributed by atoms with E-state index in [1.807, 2.05) is 0 Å². The molecule has 0 aromatic carbocycles. The third-order valence-electron chi connectivity index (χ3n) is 1.73. The van der Waals surface area contributed by atoms with Crippen molar-refractivity contribution in [3.63, 3.8) is 0 Å². The van der Waals surface area contributed by atoms with Crippen LogP contribution in [0.25, 0.3) is 0 Å². The summed E-state index contributed by atoms with van der Waals surface area (Å²) in [5.74, 6) is 0. The van der Waals surface area contributed by atoms with Gasteiger partial charge in [-0.05, 0) is 0 Å². The molecule has 1 aliphatic heterocycles. The molecule has 66 valence electrons. The summed E-state index contributed by atoms with van der Waals surface area (Å²) in [6, 6.07) is 0. The fourth-order valence-electron chi connectivity index (χ4n) is 1.05. The zero-order chi connectivity index (χ0) is 8.43. The summed E-state index contributed by atoms with van der Waals surface area (Å²) >= 11 is 0. The lowest BCUT2D eigenvalue weighted by molar-refractivity contribution is -0.149. The van der Waals surface area contributed by atoms with Gasteiger partial charge in [0, 0.05) is 6.42 Å². The molecule has 0 aliphatic carbocycles. The molecule has 0 aromatic rings. The van der Waals surface area contributed by atoms with Gasteiger partial charge >= 0.3 is 0 Å². The van der Waals surface area contributed by atoms with Crippen molar-refractivity contribution in [2.75, 3.05) is 6.61 Å². The van der Waals surface area contributed by atoms with Crippen LogP contribution in [0.1, 0.15) is 6.42 Å². The molecule has 0 saturated carbocycles. The Bertz CT molecular complexity index is 118. The van der Waals surface area contributed by atoms with E-state index in [-0.39, 0.29) is 6.42 Å². The largest absolute Gasteiger partial charge is 0.394 e. The highest BCUT2D eigenvalue weighted by Gasteiger charge is 2.36. The van der Waals surface area contributed by atoms with Gasteiger partial charge in [0.2, 0.25) is 0 Å². The molecule has 5 heteroatoms. The monoisotopic (exact) mass is 164 g/mol. The van der Waals surface area contributed by atoms with Gasteiger partial charge in [0.1, 0.15) is 12.2 Å². The van der Waals surface area contributed by atoms with E-state index in [0.717, 1.165) is 0 Å². The molecule has 1 unspecified atom stereocenters. The maximum atomic E-state index is 9.00. The summed E-state index contributed by atoms with van der Waals surface area (Å²) < 4.78 is 4.72. The van der Waals surface area contributed by atoms with E-state index in [0.29, 0.717) is 0 Å². The van der Waals surface area contributed by atoms with Crippen molar-refractivity contribution in [2.45, 2.75) is 31.0 Å². The quantitative estimate of drug-likeness (QED) is 0.372. The number of aliphatic hydroxyl groups excluding tert-OH is 4. The van der Waals surface area contributed by atoms with Crippen LogP contribution in [0.15, 0.2) is 0 Å². The fourth-order valence-corrected chi connectivity index (χ4v) is 1.05. The Morgan fingerprint density at radius 3 is 2.45 bits per heavy atom. The second-order valence-corrected chi connectivity index (χ2v) is 2.62. The molecule has 1 fully saturated rings. The predicted octanol–water partition coefficient (Wildman–Crippen LogP) is -2.19. The van der Waals surface area contributed by atoms with Crippen molar-refractivity contribution >= 4 is 0 Å². The third-order valence-corrected chi connectivity index (χ3v) is 1.73. The van der Waals surface area contributed by atoms with Gasteiger partial charge in [-0.25, -0.2) is 0 Å². The highest BCUT2D eigenvalue weighted by Crippen LogP contribution is 2.20. The van der Waals surface area contributed by atoms with Crippen molar-refractivity contribution in [3.05, 3.63) is 0 Å². The molecule has 1 aliphatic rings. The predicted molar refractivity (Wildman–Crippen MR) is 34.6 cm³/mol. The first-order valence-corrected chi connectivity index (χ1v) is 3.45. The molecular weight excluding hydrogens is 152 g/mol. The molecule has 5 nitrogen and oxygen atoms in total. The topological polar surface area (TPSA) is 90.2 Å². The second kappa shape index (κ2) is 3.46. The van der Waals surface area contributed by atoms with Gasteiger partial charge in [-0.3, -0.25) is 0 Å². The van der Waals surface area contributed by atoms with Gasteiger partial charge in [-0.1, -0.05) is 0 Å². The minimum absolute atomic E-state index is 0.156. The average molecular weight is 164 g/mol. The Morgan fingerprint density at radius 1 is 1.45 bits per heavy atom. The Labute approximate surface area is 63.8 Å². The van der Waals surface area contributed by atoms with E-state index in [1.165, 1.54) is 0 Å². The van der Waals surface area contributed by atoms with Gasteiger partial charge in [-0.15, -0.1) is 0 Å². The molecule has 1 rings (SSSR count). The highest BCUT2D eigenvalue weighted by atomic mass is 16.6. The maximum absolute atomic E-state index is 9.00. The summed E-state index contributed by atoms with van der Waals surface area (Å²) in [7, 11) is 0. The first kappa shape index (κ1) is 8.89.